The van der Waals surface area contributed by atoms with E-state index in [2.05, 4.69) is 53.3 Å². The lowest BCUT2D eigenvalue weighted by Gasteiger charge is -2.28. The molecule has 1 fully saturated rings. The summed E-state index contributed by atoms with van der Waals surface area (Å²) in [6.07, 6.45) is 3.51. The molecule has 0 radical (unpaired) electrons. The Labute approximate surface area is 111 Å². The van der Waals surface area contributed by atoms with Crippen molar-refractivity contribution in [3.63, 3.8) is 0 Å². The molecule has 0 saturated carbocycles. The molecular formula is C14H18BrNO. The Morgan fingerprint density at radius 3 is 2.76 bits per heavy atom. The molecule has 1 aliphatic heterocycles. The fourth-order valence-corrected chi connectivity index (χ4v) is 3.09. The van der Waals surface area contributed by atoms with Gasteiger partial charge in [0.25, 0.3) is 0 Å². The van der Waals surface area contributed by atoms with Gasteiger partial charge in [0, 0.05) is 16.4 Å². The molecule has 2 rings (SSSR count). The summed E-state index contributed by atoms with van der Waals surface area (Å²) in [4.78, 5) is 11.4. The number of nitrogens with one attached hydrogen (secondary N) is 1. The third-order valence-electron chi connectivity index (χ3n) is 3.65. The van der Waals surface area contributed by atoms with Crippen molar-refractivity contribution >= 4 is 21.8 Å². The van der Waals surface area contributed by atoms with Crippen LogP contribution < -0.4 is 5.32 Å². The van der Waals surface area contributed by atoms with E-state index >= 15 is 0 Å². The average molecular weight is 296 g/mol. The molecule has 92 valence electrons. The SMILES string of the molecule is CCC1(Cc2ccc(C)cc2Br)CCC(=O)N1. The first-order chi connectivity index (χ1) is 8.04. The fraction of sp³-hybridized carbons (Fsp3) is 0.500. The number of amides is 1. The van der Waals surface area contributed by atoms with E-state index in [4.69, 9.17) is 0 Å². The Balaban J connectivity index is 2.21. The Morgan fingerprint density at radius 2 is 2.24 bits per heavy atom. The van der Waals surface area contributed by atoms with E-state index in [1.807, 2.05) is 0 Å². The zero-order valence-electron chi connectivity index (χ0n) is 10.3. The van der Waals surface area contributed by atoms with Crippen LogP contribution in [0, 0.1) is 6.92 Å². The first kappa shape index (κ1) is 12.6. The van der Waals surface area contributed by atoms with Crippen LogP contribution in [0.4, 0.5) is 0 Å². The van der Waals surface area contributed by atoms with Crippen molar-refractivity contribution in [3.05, 3.63) is 33.8 Å². The molecule has 1 aliphatic rings. The fourth-order valence-electron chi connectivity index (χ4n) is 2.46. The molecule has 1 N–H and O–H groups in total. The molecule has 1 saturated heterocycles. The number of hydrogen-bond acceptors (Lipinski definition) is 1. The lowest BCUT2D eigenvalue weighted by molar-refractivity contribution is -0.119. The lowest BCUT2D eigenvalue weighted by atomic mass is 9.87. The van der Waals surface area contributed by atoms with Gasteiger partial charge in [0.15, 0.2) is 0 Å². The van der Waals surface area contributed by atoms with Crippen molar-refractivity contribution < 1.29 is 4.79 Å². The van der Waals surface area contributed by atoms with Crippen molar-refractivity contribution in [2.24, 2.45) is 0 Å². The normalized spacial score (nSPS) is 23.8. The van der Waals surface area contributed by atoms with Crippen molar-refractivity contribution in [3.8, 4) is 0 Å². The highest BCUT2D eigenvalue weighted by Gasteiger charge is 2.36. The van der Waals surface area contributed by atoms with Crippen LogP contribution in [0.25, 0.3) is 0 Å². The minimum Gasteiger partial charge on any atom is -0.350 e. The molecule has 1 amide bonds. The van der Waals surface area contributed by atoms with Gasteiger partial charge in [-0.3, -0.25) is 4.79 Å². The number of aryl methyl sites for hydroxylation is 1. The van der Waals surface area contributed by atoms with Crippen LogP contribution in [0.1, 0.15) is 37.3 Å². The van der Waals surface area contributed by atoms with Gasteiger partial charge in [-0.25, -0.2) is 0 Å². The maximum Gasteiger partial charge on any atom is 0.220 e. The molecular weight excluding hydrogens is 278 g/mol. The number of rotatable bonds is 3. The topological polar surface area (TPSA) is 29.1 Å². The van der Waals surface area contributed by atoms with Crippen molar-refractivity contribution in [2.75, 3.05) is 0 Å². The average Bonchev–Trinajstić information content (AvgIpc) is 2.65. The number of halogens is 1. The molecule has 1 unspecified atom stereocenters. The van der Waals surface area contributed by atoms with Crippen LogP contribution in [0.5, 0.6) is 0 Å². The highest BCUT2D eigenvalue weighted by molar-refractivity contribution is 9.10. The molecule has 0 spiro atoms. The van der Waals surface area contributed by atoms with Gasteiger partial charge >= 0.3 is 0 Å². The van der Waals surface area contributed by atoms with E-state index in [9.17, 15) is 4.79 Å². The van der Waals surface area contributed by atoms with Crippen molar-refractivity contribution in [2.45, 2.75) is 45.1 Å². The minimum atomic E-state index is -0.0329. The number of carbonyl (C=O) groups is 1. The summed E-state index contributed by atoms with van der Waals surface area (Å²) in [7, 11) is 0. The van der Waals surface area contributed by atoms with E-state index in [-0.39, 0.29) is 11.4 Å². The summed E-state index contributed by atoms with van der Waals surface area (Å²) in [6.45, 7) is 4.23. The van der Waals surface area contributed by atoms with Crippen LogP contribution in [-0.4, -0.2) is 11.4 Å². The van der Waals surface area contributed by atoms with Crippen molar-refractivity contribution in [1.82, 2.24) is 5.32 Å². The maximum atomic E-state index is 11.4. The monoisotopic (exact) mass is 295 g/mol. The van der Waals surface area contributed by atoms with Crippen LogP contribution in [0.15, 0.2) is 22.7 Å². The predicted molar refractivity (Wildman–Crippen MR) is 73.0 cm³/mol. The summed E-state index contributed by atoms with van der Waals surface area (Å²) in [5, 5.41) is 3.15. The Morgan fingerprint density at radius 1 is 1.47 bits per heavy atom. The summed E-state index contributed by atoms with van der Waals surface area (Å²) in [6, 6.07) is 6.41. The minimum absolute atomic E-state index is 0.0329. The number of benzene rings is 1. The second-order valence-corrected chi connectivity index (χ2v) is 5.81. The zero-order valence-corrected chi connectivity index (χ0v) is 11.9. The standard InChI is InChI=1S/C14H18BrNO/c1-3-14(7-6-13(17)16-14)9-11-5-4-10(2)8-12(11)15/h4-5,8H,3,6-7,9H2,1-2H3,(H,16,17). The predicted octanol–water partition coefficient (Wildman–Crippen LogP) is 3.36. The van der Waals surface area contributed by atoms with E-state index in [0.717, 1.165) is 23.7 Å². The highest BCUT2D eigenvalue weighted by atomic mass is 79.9. The molecule has 1 aromatic carbocycles. The quantitative estimate of drug-likeness (QED) is 0.910. The first-order valence-electron chi connectivity index (χ1n) is 6.11. The van der Waals surface area contributed by atoms with Crippen LogP contribution in [-0.2, 0) is 11.2 Å². The molecule has 0 aliphatic carbocycles. The molecule has 17 heavy (non-hydrogen) atoms. The van der Waals surface area contributed by atoms with Gasteiger partial charge in [-0.15, -0.1) is 0 Å². The number of carbonyl (C=O) groups excluding carboxylic acids is 1. The van der Waals surface area contributed by atoms with Gasteiger partial charge in [0.2, 0.25) is 5.91 Å². The Kier molecular flexibility index (Phi) is 3.57. The van der Waals surface area contributed by atoms with Gasteiger partial charge in [-0.2, -0.15) is 0 Å². The van der Waals surface area contributed by atoms with Gasteiger partial charge in [-0.05, 0) is 43.4 Å². The maximum absolute atomic E-state index is 11.4. The molecule has 1 aromatic rings. The largest absolute Gasteiger partial charge is 0.350 e. The van der Waals surface area contributed by atoms with Crippen molar-refractivity contribution in [1.29, 1.82) is 0 Å². The Bertz CT molecular complexity index is 444. The molecule has 0 aromatic heterocycles. The third kappa shape index (κ3) is 2.71. The first-order valence-corrected chi connectivity index (χ1v) is 6.90. The third-order valence-corrected chi connectivity index (χ3v) is 4.39. The van der Waals surface area contributed by atoms with Gasteiger partial charge in [0.05, 0.1) is 0 Å². The second kappa shape index (κ2) is 4.81. The van der Waals surface area contributed by atoms with Crippen LogP contribution in [0.2, 0.25) is 0 Å². The molecule has 3 heteroatoms. The van der Waals surface area contributed by atoms with E-state index in [0.29, 0.717) is 6.42 Å². The molecule has 1 heterocycles. The lowest BCUT2D eigenvalue weighted by Crippen LogP contribution is -2.43. The van der Waals surface area contributed by atoms with Crippen LogP contribution >= 0.6 is 15.9 Å². The molecule has 0 bridgehead atoms. The highest BCUT2D eigenvalue weighted by Crippen LogP contribution is 2.31. The second-order valence-electron chi connectivity index (χ2n) is 4.95. The smallest absolute Gasteiger partial charge is 0.220 e. The summed E-state index contributed by atoms with van der Waals surface area (Å²) in [5.41, 5.74) is 2.50. The zero-order chi connectivity index (χ0) is 12.5. The summed E-state index contributed by atoms with van der Waals surface area (Å²) in [5.74, 6) is 0.190. The van der Waals surface area contributed by atoms with E-state index < -0.39 is 0 Å². The van der Waals surface area contributed by atoms with Gasteiger partial charge < -0.3 is 5.32 Å². The molecule has 1 atom stereocenters. The summed E-state index contributed by atoms with van der Waals surface area (Å²) < 4.78 is 1.14. The Hall–Kier alpha value is -0.830. The van der Waals surface area contributed by atoms with E-state index in [1.54, 1.807) is 0 Å². The molecule has 2 nitrogen and oxygen atoms in total. The summed E-state index contributed by atoms with van der Waals surface area (Å²) >= 11 is 3.61. The van der Waals surface area contributed by atoms with E-state index in [1.165, 1.54) is 11.1 Å². The van der Waals surface area contributed by atoms with Gasteiger partial charge in [-0.1, -0.05) is 35.0 Å². The van der Waals surface area contributed by atoms with Gasteiger partial charge in [0.1, 0.15) is 0 Å². The number of hydrogen-bond donors (Lipinski definition) is 1. The van der Waals surface area contributed by atoms with Crippen LogP contribution in [0.3, 0.4) is 0 Å².